The number of nitrogens with zero attached hydrogens (tertiary/aromatic N) is 3. The van der Waals surface area contributed by atoms with Crippen molar-refractivity contribution in [2.75, 3.05) is 5.32 Å². The summed E-state index contributed by atoms with van der Waals surface area (Å²) in [7, 11) is 0. The van der Waals surface area contributed by atoms with Crippen LogP contribution in [-0.2, 0) is 9.53 Å². The lowest BCUT2D eigenvalue weighted by Crippen LogP contribution is -2.32. The number of non-ortho nitro benzene ring substituents is 1. The summed E-state index contributed by atoms with van der Waals surface area (Å²) in [5.74, 6) is -1.27. The molecule has 0 saturated carbocycles. The number of esters is 1. The molecule has 0 saturated heterocycles. The minimum Gasteiger partial charge on any atom is -0.449 e. The third-order valence-electron chi connectivity index (χ3n) is 4.32. The Labute approximate surface area is 165 Å². The minimum atomic E-state index is -1.08. The smallest absolute Gasteiger partial charge is 0.341 e. The Balaban J connectivity index is 1.79. The van der Waals surface area contributed by atoms with E-state index in [9.17, 15) is 19.7 Å². The fourth-order valence-corrected chi connectivity index (χ4v) is 2.74. The molecule has 3 aromatic rings. The highest BCUT2D eigenvalue weighted by atomic mass is 16.6. The predicted octanol–water partition coefficient (Wildman–Crippen LogP) is 3.42. The van der Waals surface area contributed by atoms with Gasteiger partial charge in [-0.15, -0.1) is 0 Å². The summed E-state index contributed by atoms with van der Waals surface area (Å²) in [5, 5.41) is 13.6. The van der Waals surface area contributed by atoms with Crippen LogP contribution >= 0.6 is 0 Å². The molecule has 0 aliphatic carbocycles. The number of rotatable bonds is 6. The lowest BCUT2D eigenvalue weighted by Gasteiger charge is -2.17. The quantitative estimate of drug-likeness (QED) is 0.386. The average molecular weight is 394 g/mol. The van der Waals surface area contributed by atoms with Crippen LogP contribution in [0.2, 0.25) is 0 Å². The van der Waals surface area contributed by atoms with Gasteiger partial charge in [0.1, 0.15) is 5.52 Å². The molecule has 0 radical (unpaired) electrons. The normalized spacial score (nSPS) is 11.7. The predicted molar refractivity (Wildman–Crippen MR) is 105 cm³/mol. The molecule has 148 valence electrons. The van der Waals surface area contributed by atoms with E-state index in [0.717, 1.165) is 0 Å². The molecular weight excluding hydrogens is 376 g/mol. The van der Waals surface area contributed by atoms with Crippen molar-refractivity contribution in [1.82, 2.24) is 9.97 Å². The van der Waals surface area contributed by atoms with Gasteiger partial charge < -0.3 is 10.1 Å². The van der Waals surface area contributed by atoms with Crippen molar-refractivity contribution >= 4 is 34.3 Å². The molecule has 1 aromatic heterocycles. The number of aromatic nitrogens is 2. The van der Waals surface area contributed by atoms with Crippen LogP contribution in [0, 0.1) is 17.0 Å². The summed E-state index contributed by atoms with van der Waals surface area (Å²) in [4.78, 5) is 44.0. The Morgan fingerprint density at radius 3 is 2.69 bits per heavy atom. The second-order valence-corrected chi connectivity index (χ2v) is 6.28. The van der Waals surface area contributed by atoms with Crippen LogP contribution in [0.4, 0.5) is 11.4 Å². The number of amides is 1. The van der Waals surface area contributed by atoms with Crippen molar-refractivity contribution in [2.24, 2.45) is 0 Å². The maximum Gasteiger partial charge on any atom is 0.341 e. The van der Waals surface area contributed by atoms with Crippen molar-refractivity contribution in [1.29, 1.82) is 0 Å². The molecule has 3 rings (SSSR count). The number of aryl methyl sites for hydroxylation is 1. The van der Waals surface area contributed by atoms with Crippen LogP contribution in [0.3, 0.4) is 0 Å². The molecule has 0 aliphatic heterocycles. The van der Waals surface area contributed by atoms with Gasteiger partial charge >= 0.3 is 5.97 Å². The summed E-state index contributed by atoms with van der Waals surface area (Å²) in [6.07, 6.45) is 2.13. The Kier molecular flexibility index (Phi) is 5.77. The molecule has 1 amide bonds. The highest BCUT2D eigenvalue weighted by Gasteiger charge is 2.24. The Hall–Kier alpha value is -3.88. The van der Waals surface area contributed by atoms with Crippen LogP contribution in [-0.4, -0.2) is 32.9 Å². The van der Waals surface area contributed by atoms with Crippen LogP contribution < -0.4 is 5.32 Å². The number of anilines is 1. The zero-order chi connectivity index (χ0) is 21.0. The minimum absolute atomic E-state index is 0.148. The highest BCUT2D eigenvalue weighted by Crippen LogP contribution is 2.23. The van der Waals surface area contributed by atoms with E-state index >= 15 is 0 Å². The first-order valence-electron chi connectivity index (χ1n) is 8.87. The van der Waals surface area contributed by atoms with Crippen molar-refractivity contribution in [3.8, 4) is 0 Å². The number of carbonyl (C=O) groups is 2. The first kappa shape index (κ1) is 19.9. The number of hydrogen-bond donors (Lipinski definition) is 1. The first-order chi connectivity index (χ1) is 13.9. The average Bonchev–Trinajstić information content (AvgIpc) is 2.72. The fraction of sp³-hybridized carbons (Fsp3) is 0.200. The van der Waals surface area contributed by atoms with Gasteiger partial charge in [-0.2, -0.15) is 0 Å². The van der Waals surface area contributed by atoms with E-state index in [-0.39, 0.29) is 23.4 Å². The van der Waals surface area contributed by atoms with E-state index in [1.165, 1.54) is 30.6 Å². The molecule has 0 bridgehead atoms. The zero-order valence-electron chi connectivity index (χ0n) is 15.8. The topological polar surface area (TPSA) is 124 Å². The number of hydrogen-bond acceptors (Lipinski definition) is 7. The van der Waals surface area contributed by atoms with Gasteiger partial charge in [-0.3, -0.25) is 24.9 Å². The van der Waals surface area contributed by atoms with E-state index in [4.69, 9.17) is 4.74 Å². The van der Waals surface area contributed by atoms with Gasteiger partial charge in [0.25, 0.3) is 11.6 Å². The summed E-state index contributed by atoms with van der Waals surface area (Å²) >= 11 is 0. The lowest BCUT2D eigenvalue weighted by atomic mass is 10.1. The first-order valence-corrected chi connectivity index (χ1v) is 8.87. The largest absolute Gasteiger partial charge is 0.449 e. The molecule has 9 heteroatoms. The molecule has 1 N–H and O–H groups in total. The number of nitro benzene ring substituents is 1. The number of nitrogens with one attached hydrogen (secondary N) is 1. The zero-order valence-corrected chi connectivity index (χ0v) is 15.8. The highest BCUT2D eigenvalue weighted by molar-refractivity contribution is 6.03. The molecule has 1 atom stereocenters. The third-order valence-corrected chi connectivity index (χ3v) is 4.32. The van der Waals surface area contributed by atoms with Crippen molar-refractivity contribution in [2.45, 2.75) is 26.4 Å². The SMILES string of the molecule is CCC(OC(=O)c1cccc2nccnc12)C(=O)Nc1cc([N+](=O)[O-])ccc1C. The number of nitro groups is 1. The molecule has 1 unspecified atom stereocenters. The number of ether oxygens (including phenoxy) is 1. The number of carbonyl (C=O) groups excluding carboxylic acids is 2. The molecule has 0 spiro atoms. The van der Waals surface area contributed by atoms with Gasteiger partial charge in [0.05, 0.1) is 21.7 Å². The van der Waals surface area contributed by atoms with Gasteiger partial charge in [0, 0.05) is 24.5 Å². The van der Waals surface area contributed by atoms with Gasteiger partial charge in [-0.25, -0.2) is 4.79 Å². The van der Waals surface area contributed by atoms with Gasteiger partial charge in [-0.05, 0) is 31.0 Å². The van der Waals surface area contributed by atoms with E-state index in [1.807, 2.05) is 0 Å². The summed E-state index contributed by atoms with van der Waals surface area (Å²) in [6.45, 7) is 3.40. The molecule has 0 aliphatic rings. The van der Waals surface area contributed by atoms with Crippen molar-refractivity contribution in [3.05, 3.63) is 70.0 Å². The third kappa shape index (κ3) is 4.34. The second kappa shape index (κ2) is 8.42. The number of fused-ring (bicyclic) bond motifs is 1. The number of benzene rings is 2. The Morgan fingerprint density at radius 2 is 1.97 bits per heavy atom. The van der Waals surface area contributed by atoms with Crippen molar-refractivity contribution in [3.63, 3.8) is 0 Å². The van der Waals surface area contributed by atoms with Crippen LogP contribution in [0.5, 0.6) is 0 Å². The molecule has 29 heavy (non-hydrogen) atoms. The summed E-state index contributed by atoms with van der Waals surface area (Å²) in [5.41, 5.74) is 1.90. The van der Waals surface area contributed by atoms with Crippen molar-refractivity contribution < 1.29 is 19.2 Å². The monoisotopic (exact) mass is 394 g/mol. The van der Waals surface area contributed by atoms with Gasteiger partial charge in [0.2, 0.25) is 0 Å². The van der Waals surface area contributed by atoms with E-state index in [2.05, 4.69) is 15.3 Å². The molecule has 0 fully saturated rings. The molecule has 9 nitrogen and oxygen atoms in total. The van der Waals surface area contributed by atoms with E-state index in [0.29, 0.717) is 16.6 Å². The van der Waals surface area contributed by atoms with Gasteiger partial charge in [0.15, 0.2) is 6.10 Å². The van der Waals surface area contributed by atoms with E-state index < -0.39 is 22.9 Å². The van der Waals surface area contributed by atoms with Gasteiger partial charge in [-0.1, -0.05) is 19.1 Å². The van der Waals surface area contributed by atoms with E-state index in [1.54, 1.807) is 32.0 Å². The Morgan fingerprint density at radius 1 is 1.21 bits per heavy atom. The summed E-state index contributed by atoms with van der Waals surface area (Å²) < 4.78 is 5.39. The molecule has 2 aromatic carbocycles. The molecule has 1 heterocycles. The maximum atomic E-state index is 12.6. The van der Waals surface area contributed by atoms with Crippen LogP contribution in [0.15, 0.2) is 48.8 Å². The second-order valence-electron chi connectivity index (χ2n) is 6.28. The number of para-hydroxylation sites is 1. The molecular formula is C20H18N4O5. The lowest BCUT2D eigenvalue weighted by molar-refractivity contribution is -0.384. The van der Waals surface area contributed by atoms with Crippen LogP contribution in [0.1, 0.15) is 29.3 Å². The Bertz CT molecular complexity index is 1090. The summed E-state index contributed by atoms with van der Waals surface area (Å²) in [6, 6.07) is 9.07. The van der Waals surface area contributed by atoms with Crippen LogP contribution in [0.25, 0.3) is 11.0 Å². The maximum absolute atomic E-state index is 12.6. The fourth-order valence-electron chi connectivity index (χ4n) is 2.74. The standard InChI is InChI=1S/C20H18N4O5/c1-3-17(19(25)23-16-11-13(24(27)28)8-7-12(16)2)29-20(26)14-5-4-6-15-18(14)22-10-9-21-15/h4-11,17H,3H2,1-2H3,(H,23,25).